The summed E-state index contributed by atoms with van der Waals surface area (Å²) in [6, 6.07) is 7.57. The Morgan fingerprint density at radius 1 is 1.25 bits per heavy atom. The first-order chi connectivity index (χ1) is 7.70. The molecule has 0 N–H and O–H groups in total. The van der Waals surface area contributed by atoms with Crippen LogP contribution in [0.5, 0.6) is 11.8 Å². The predicted molar refractivity (Wildman–Crippen MR) is 64.4 cm³/mol. The summed E-state index contributed by atoms with van der Waals surface area (Å²) in [7, 11) is 0. The van der Waals surface area contributed by atoms with Crippen LogP contribution in [-0.4, -0.2) is 9.55 Å². The van der Waals surface area contributed by atoms with Gasteiger partial charge in [-0.2, -0.15) is 0 Å². The highest BCUT2D eigenvalue weighted by molar-refractivity contribution is 6.30. The zero-order valence-electron chi connectivity index (χ0n) is 8.65. The molecule has 0 aliphatic heterocycles. The molecular formula is C11H10Cl2N2O. The van der Waals surface area contributed by atoms with Gasteiger partial charge in [0.25, 0.3) is 0 Å². The van der Waals surface area contributed by atoms with Crippen molar-refractivity contribution in [2.24, 2.45) is 0 Å². The molecule has 0 unspecified atom stereocenters. The van der Waals surface area contributed by atoms with Crippen molar-refractivity contribution in [2.45, 2.75) is 13.5 Å². The van der Waals surface area contributed by atoms with Crippen molar-refractivity contribution in [3.63, 3.8) is 0 Å². The third kappa shape index (κ3) is 2.31. The van der Waals surface area contributed by atoms with Crippen molar-refractivity contribution in [2.75, 3.05) is 0 Å². The molecule has 5 heteroatoms. The first kappa shape index (κ1) is 11.3. The highest BCUT2D eigenvalue weighted by atomic mass is 35.5. The molecule has 0 spiro atoms. The molecule has 2 rings (SSSR count). The van der Waals surface area contributed by atoms with Crippen LogP contribution in [0.15, 0.2) is 30.5 Å². The van der Waals surface area contributed by atoms with Crippen molar-refractivity contribution in [3.05, 3.63) is 40.6 Å². The number of benzene rings is 1. The molecule has 2 aromatic rings. The molecule has 1 aromatic heterocycles. The number of hydrogen-bond donors (Lipinski definition) is 0. The molecule has 0 aliphatic carbocycles. The van der Waals surface area contributed by atoms with E-state index in [0.29, 0.717) is 28.5 Å². The molecule has 3 nitrogen and oxygen atoms in total. The van der Waals surface area contributed by atoms with Crippen LogP contribution < -0.4 is 4.74 Å². The van der Waals surface area contributed by atoms with Gasteiger partial charge in [-0.3, -0.25) is 4.57 Å². The SMILES string of the molecule is CCn1c(Cl)cnc1Oc1ccc(Cl)cc1. The number of nitrogens with zero attached hydrogens (tertiary/aromatic N) is 2. The molecule has 0 atom stereocenters. The van der Waals surface area contributed by atoms with E-state index in [1.165, 1.54) is 0 Å². The van der Waals surface area contributed by atoms with E-state index in [0.717, 1.165) is 0 Å². The zero-order valence-corrected chi connectivity index (χ0v) is 10.2. The smallest absolute Gasteiger partial charge is 0.303 e. The minimum atomic E-state index is 0.481. The van der Waals surface area contributed by atoms with Crippen LogP contribution in [0.2, 0.25) is 10.2 Å². The van der Waals surface area contributed by atoms with E-state index in [1.54, 1.807) is 35.0 Å². The van der Waals surface area contributed by atoms with Crippen LogP contribution in [0, 0.1) is 0 Å². The summed E-state index contributed by atoms with van der Waals surface area (Å²) in [5.74, 6) is 0.682. The summed E-state index contributed by atoms with van der Waals surface area (Å²) in [6.07, 6.45) is 1.57. The Morgan fingerprint density at radius 3 is 2.56 bits per heavy atom. The van der Waals surface area contributed by atoms with Gasteiger partial charge in [0.05, 0.1) is 6.20 Å². The summed E-state index contributed by atoms with van der Waals surface area (Å²) in [6.45, 7) is 2.68. The summed E-state index contributed by atoms with van der Waals surface area (Å²) < 4.78 is 7.36. The van der Waals surface area contributed by atoms with Crippen molar-refractivity contribution in [1.82, 2.24) is 9.55 Å². The third-order valence-electron chi connectivity index (χ3n) is 2.11. The normalized spacial score (nSPS) is 10.4. The number of rotatable bonds is 3. The first-order valence-electron chi connectivity index (χ1n) is 4.85. The van der Waals surface area contributed by atoms with Gasteiger partial charge in [0.15, 0.2) is 0 Å². The fourth-order valence-electron chi connectivity index (χ4n) is 1.32. The molecule has 0 saturated carbocycles. The fraction of sp³-hybridized carbons (Fsp3) is 0.182. The lowest BCUT2D eigenvalue weighted by Crippen LogP contribution is -1.98. The Hall–Kier alpha value is -1.19. The molecule has 0 aliphatic rings. The average Bonchev–Trinajstić information content (AvgIpc) is 2.63. The van der Waals surface area contributed by atoms with Gasteiger partial charge in [0.2, 0.25) is 0 Å². The first-order valence-corrected chi connectivity index (χ1v) is 5.60. The van der Waals surface area contributed by atoms with Crippen LogP contribution in [0.4, 0.5) is 0 Å². The summed E-state index contributed by atoms with van der Waals surface area (Å²) in [5.41, 5.74) is 0. The lowest BCUT2D eigenvalue weighted by atomic mass is 10.3. The Kier molecular flexibility index (Phi) is 3.36. The Bertz CT molecular complexity index is 479. The number of hydrogen-bond acceptors (Lipinski definition) is 2. The Morgan fingerprint density at radius 2 is 1.94 bits per heavy atom. The van der Waals surface area contributed by atoms with Crippen LogP contribution >= 0.6 is 23.2 Å². The van der Waals surface area contributed by atoms with Gasteiger partial charge < -0.3 is 4.74 Å². The summed E-state index contributed by atoms with van der Waals surface area (Å²) >= 11 is 11.7. The maximum Gasteiger partial charge on any atom is 0.303 e. The zero-order chi connectivity index (χ0) is 11.5. The second-order valence-electron chi connectivity index (χ2n) is 3.16. The largest absolute Gasteiger partial charge is 0.425 e. The van der Waals surface area contributed by atoms with E-state index in [-0.39, 0.29) is 0 Å². The number of halogens is 2. The summed E-state index contributed by atoms with van der Waals surface area (Å²) in [5, 5.41) is 1.23. The van der Waals surface area contributed by atoms with Crippen LogP contribution in [0.1, 0.15) is 6.92 Å². The molecule has 0 fully saturated rings. The van der Waals surface area contributed by atoms with E-state index in [2.05, 4.69) is 4.98 Å². The molecule has 0 bridgehead atoms. The number of ether oxygens (including phenoxy) is 1. The molecule has 1 heterocycles. The molecule has 1 aromatic carbocycles. The molecule has 84 valence electrons. The van der Waals surface area contributed by atoms with Gasteiger partial charge in [-0.1, -0.05) is 23.2 Å². The Balaban J connectivity index is 2.23. The Labute approximate surface area is 104 Å². The van der Waals surface area contributed by atoms with Crippen LogP contribution in [0.3, 0.4) is 0 Å². The fourth-order valence-corrected chi connectivity index (χ4v) is 1.68. The maximum absolute atomic E-state index is 5.94. The maximum atomic E-state index is 5.94. The van der Waals surface area contributed by atoms with Gasteiger partial charge in [-0.15, -0.1) is 0 Å². The van der Waals surface area contributed by atoms with E-state index in [4.69, 9.17) is 27.9 Å². The standard InChI is InChI=1S/C11H10Cl2N2O/c1-2-15-10(13)7-14-11(15)16-9-5-3-8(12)4-6-9/h3-7H,2H2,1H3. The van der Waals surface area contributed by atoms with Crippen molar-refractivity contribution >= 4 is 23.2 Å². The topological polar surface area (TPSA) is 27.1 Å². The number of imidazole rings is 1. The van der Waals surface area contributed by atoms with Crippen LogP contribution in [-0.2, 0) is 6.54 Å². The van der Waals surface area contributed by atoms with E-state index >= 15 is 0 Å². The minimum absolute atomic E-state index is 0.481. The highest BCUT2D eigenvalue weighted by Crippen LogP contribution is 2.24. The van der Waals surface area contributed by atoms with Gasteiger partial charge in [-0.05, 0) is 31.2 Å². The average molecular weight is 257 g/mol. The van der Waals surface area contributed by atoms with Crippen molar-refractivity contribution < 1.29 is 4.74 Å². The molecule has 16 heavy (non-hydrogen) atoms. The van der Waals surface area contributed by atoms with E-state index < -0.39 is 0 Å². The second kappa shape index (κ2) is 4.76. The third-order valence-corrected chi connectivity index (χ3v) is 2.66. The molecular weight excluding hydrogens is 247 g/mol. The van der Waals surface area contributed by atoms with Gasteiger partial charge in [0, 0.05) is 11.6 Å². The molecule has 0 saturated heterocycles. The van der Waals surface area contributed by atoms with Crippen LogP contribution in [0.25, 0.3) is 0 Å². The van der Waals surface area contributed by atoms with E-state index in [1.807, 2.05) is 6.92 Å². The second-order valence-corrected chi connectivity index (χ2v) is 3.99. The highest BCUT2D eigenvalue weighted by Gasteiger charge is 2.08. The number of aromatic nitrogens is 2. The van der Waals surface area contributed by atoms with Crippen molar-refractivity contribution in [1.29, 1.82) is 0 Å². The quantitative estimate of drug-likeness (QED) is 0.830. The predicted octanol–water partition coefficient (Wildman–Crippen LogP) is 4.00. The molecule has 0 radical (unpaired) electrons. The summed E-state index contributed by atoms with van der Waals surface area (Å²) in [4.78, 5) is 4.08. The monoisotopic (exact) mass is 256 g/mol. The van der Waals surface area contributed by atoms with Gasteiger partial charge in [0.1, 0.15) is 10.9 Å². The van der Waals surface area contributed by atoms with Gasteiger partial charge >= 0.3 is 6.01 Å². The van der Waals surface area contributed by atoms with Crippen molar-refractivity contribution in [3.8, 4) is 11.8 Å². The van der Waals surface area contributed by atoms with E-state index in [9.17, 15) is 0 Å². The lowest BCUT2D eigenvalue weighted by molar-refractivity contribution is 0.415. The minimum Gasteiger partial charge on any atom is -0.425 e. The molecule has 0 amide bonds. The lowest BCUT2D eigenvalue weighted by Gasteiger charge is -2.07. The van der Waals surface area contributed by atoms with Gasteiger partial charge in [-0.25, -0.2) is 4.98 Å².